The standard InChI is InChI=1S/C30H21Cl2F5N4O3/c1-14(30(35,36)37)40-17-11-22(33)26(23(34)12-17)28(42)41-24(29(43)44-2)10-16-5-6-19(27-18(16)4-3-7-39-27)25-20(31)8-15(13-38)9-21(25)32/h3-9,11-12,14,24,40H,10H2,1-2H3,(H,41,42)/t14-,24+/m1/s1. The van der Waals surface area contributed by atoms with E-state index in [1.165, 1.54) is 18.3 Å². The fourth-order valence-electron chi connectivity index (χ4n) is 4.50. The Labute approximate surface area is 257 Å². The summed E-state index contributed by atoms with van der Waals surface area (Å²) in [6.45, 7) is 0.761. The number of alkyl halides is 3. The van der Waals surface area contributed by atoms with Crippen molar-refractivity contribution in [2.45, 2.75) is 31.6 Å². The molecule has 0 aliphatic heterocycles. The van der Waals surface area contributed by atoms with Crippen LogP contribution in [-0.4, -0.2) is 42.2 Å². The SMILES string of the molecule is COC(=O)[C@H](Cc1ccc(-c2c(Cl)cc(C#N)cc2Cl)c2ncccc12)NC(=O)c1c(F)cc(N[C@H](C)C(F)(F)F)cc1F. The number of ether oxygens (including phenoxy) is 1. The van der Waals surface area contributed by atoms with Gasteiger partial charge in [-0.05, 0) is 42.8 Å². The van der Waals surface area contributed by atoms with Gasteiger partial charge in [-0.3, -0.25) is 9.78 Å². The van der Waals surface area contributed by atoms with Crippen LogP contribution in [0, 0.1) is 23.0 Å². The van der Waals surface area contributed by atoms with Gasteiger partial charge in [0.05, 0.1) is 34.3 Å². The lowest BCUT2D eigenvalue weighted by atomic mass is 9.94. The maximum atomic E-state index is 14.8. The Balaban J connectivity index is 1.67. The number of esters is 1. The van der Waals surface area contributed by atoms with Gasteiger partial charge >= 0.3 is 12.1 Å². The van der Waals surface area contributed by atoms with E-state index in [0.717, 1.165) is 14.0 Å². The van der Waals surface area contributed by atoms with E-state index in [4.69, 9.17) is 27.9 Å². The molecule has 2 atom stereocenters. The van der Waals surface area contributed by atoms with E-state index >= 15 is 0 Å². The molecule has 44 heavy (non-hydrogen) atoms. The average Bonchev–Trinajstić information content (AvgIpc) is 2.95. The van der Waals surface area contributed by atoms with Gasteiger partial charge in [-0.25, -0.2) is 13.6 Å². The first-order chi connectivity index (χ1) is 20.7. The number of pyridine rings is 1. The number of aromatic nitrogens is 1. The number of carbonyl (C=O) groups is 2. The molecule has 14 heteroatoms. The molecule has 228 valence electrons. The van der Waals surface area contributed by atoms with Crippen molar-refractivity contribution in [3.63, 3.8) is 0 Å². The lowest BCUT2D eigenvalue weighted by Gasteiger charge is -2.20. The summed E-state index contributed by atoms with van der Waals surface area (Å²) in [5.74, 6) is -5.16. The van der Waals surface area contributed by atoms with Gasteiger partial charge in [0.2, 0.25) is 0 Å². The lowest BCUT2D eigenvalue weighted by Crippen LogP contribution is -2.43. The van der Waals surface area contributed by atoms with Crippen molar-refractivity contribution < 1.29 is 36.3 Å². The maximum absolute atomic E-state index is 14.8. The Morgan fingerprint density at radius 2 is 1.70 bits per heavy atom. The number of benzene rings is 3. The molecule has 4 aromatic rings. The van der Waals surface area contributed by atoms with E-state index in [1.807, 2.05) is 11.4 Å². The van der Waals surface area contributed by atoms with Gasteiger partial charge < -0.3 is 15.4 Å². The predicted molar refractivity (Wildman–Crippen MR) is 154 cm³/mol. The first kappa shape index (κ1) is 32.4. The summed E-state index contributed by atoms with van der Waals surface area (Å²) in [6, 6.07) is 8.97. The molecule has 2 N–H and O–H groups in total. The molecule has 7 nitrogen and oxygen atoms in total. The normalized spacial score (nSPS) is 12.7. The van der Waals surface area contributed by atoms with Crippen LogP contribution in [0.5, 0.6) is 0 Å². The van der Waals surface area contributed by atoms with Gasteiger partial charge in [-0.15, -0.1) is 0 Å². The van der Waals surface area contributed by atoms with E-state index in [2.05, 4.69) is 10.3 Å². The highest BCUT2D eigenvalue weighted by atomic mass is 35.5. The van der Waals surface area contributed by atoms with Gasteiger partial charge in [-0.2, -0.15) is 18.4 Å². The van der Waals surface area contributed by atoms with Crippen LogP contribution in [0.25, 0.3) is 22.0 Å². The van der Waals surface area contributed by atoms with Crippen LogP contribution in [0.4, 0.5) is 27.6 Å². The Hall–Kier alpha value is -4.47. The number of hydrogen-bond acceptors (Lipinski definition) is 6. The molecule has 0 aliphatic rings. The van der Waals surface area contributed by atoms with Gasteiger partial charge in [0, 0.05) is 34.8 Å². The van der Waals surface area contributed by atoms with Crippen molar-refractivity contribution in [2.24, 2.45) is 0 Å². The molecule has 1 aromatic heterocycles. The molecule has 0 spiro atoms. The second kappa shape index (κ2) is 13.0. The highest BCUT2D eigenvalue weighted by Crippen LogP contribution is 2.39. The minimum Gasteiger partial charge on any atom is -0.467 e. The van der Waals surface area contributed by atoms with E-state index in [0.29, 0.717) is 39.7 Å². The van der Waals surface area contributed by atoms with E-state index in [1.54, 1.807) is 24.3 Å². The number of anilines is 1. The predicted octanol–water partition coefficient (Wildman–Crippen LogP) is 7.24. The smallest absolute Gasteiger partial charge is 0.408 e. The molecule has 4 rings (SSSR count). The molecule has 1 amide bonds. The number of amides is 1. The van der Waals surface area contributed by atoms with Crippen molar-refractivity contribution in [3.05, 3.63) is 93.1 Å². The Morgan fingerprint density at radius 1 is 1.07 bits per heavy atom. The molecule has 3 aromatic carbocycles. The molecule has 0 radical (unpaired) electrons. The number of fused-ring (bicyclic) bond motifs is 1. The van der Waals surface area contributed by atoms with E-state index in [-0.39, 0.29) is 22.0 Å². The highest BCUT2D eigenvalue weighted by molar-refractivity contribution is 6.40. The zero-order valence-electron chi connectivity index (χ0n) is 22.8. The lowest BCUT2D eigenvalue weighted by molar-refractivity contribution is -0.143. The van der Waals surface area contributed by atoms with Crippen molar-refractivity contribution in [1.29, 1.82) is 5.26 Å². The van der Waals surface area contributed by atoms with Crippen LogP contribution in [0.1, 0.15) is 28.4 Å². The van der Waals surface area contributed by atoms with Crippen LogP contribution in [0.3, 0.4) is 0 Å². The van der Waals surface area contributed by atoms with Crippen LogP contribution in [-0.2, 0) is 16.0 Å². The number of nitrogens with one attached hydrogen (secondary N) is 2. The topological polar surface area (TPSA) is 104 Å². The maximum Gasteiger partial charge on any atom is 0.408 e. The quantitative estimate of drug-likeness (QED) is 0.154. The van der Waals surface area contributed by atoms with Gasteiger partial charge in [0.25, 0.3) is 5.91 Å². The second-order valence-electron chi connectivity index (χ2n) is 9.57. The Bertz CT molecular complexity index is 1760. The minimum atomic E-state index is -4.69. The van der Waals surface area contributed by atoms with Gasteiger partial charge in [-0.1, -0.05) is 41.4 Å². The van der Waals surface area contributed by atoms with Crippen LogP contribution in [0.15, 0.2) is 54.7 Å². The molecule has 0 bridgehead atoms. The summed E-state index contributed by atoms with van der Waals surface area (Å²) in [6.07, 6.45) is -3.38. The van der Waals surface area contributed by atoms with Crippen LogP contribution < -0.4 is 10.6 Å². The summed E-state index contributed by atoms with van der Waals surface area (Å²) in [5.41, 5.74) is 0.443. The second-order valence-corrected chi connectivity index (χ2v) is 10.4. The summed E-state index contributed by atoms with van der Waals surface area (Å²) in [4.78, 5) is 30.1. The summed E-state index contributed by atoms with van der Waals surface area (Å²) in [7, 11) is 1.06. The summed E-state index contributed by atoms with van der Waals surface area (Å²) < 4.78 is 73.0. The van der Waals surface area contributed by atoms with Crippen molar-refractivity contribution in [3.8, 4) is 17.2 Å². The molecular weight excluding hydrogens is 630 g/mol. The number of rotatable bonds is 8. The Kier molecular flexibility index (Phi) is 9.61. The highest BCUT2D eigenvalue weighted by Gasteiger charge is 2.36. The summed E-state index contributed by atoms with van der Waals surface area (Å²) in [5, 5.41) is 14.3. The average molecular weight is 651 g/mol. The van der Waals surface area contributed by atoms with E-state index in [9.17, 15) is 36.8 Å². The number of nitrogens with zero attached hydrogens (tertiary/aromatic N) is 2. The Morgan fingerprint density at radius 3 is 2.27 bits per heavy atom. The molecule has 0 saturated carbocycles. The molecule has 0 fully saturated rings. The van der Waals surface area contributed by atoms with Crippen molar-refractivity contribution >= 4 is 51.7 Å². The van der Waals surface area contributed by atoms with Crippen molar-refractivity contribution in [1.82, 2.24) is 10.3 Å². The first-order valence-electron chi connectivity index (χ1n) is 12.7. The van der Waals surface area contributed by atoms with Gasteiger partial charge in [0.15, 0.2) is 0 Å². The minimum absolute atomic E-state index is 0.201. The summed E-state index contributed by atoms with van der Waals surface area (Å²) >= 11 is 12.9. The number of nitriles is 1. The number of halogens is 7. The van der Waals surface area contributed by atoms with Crippen LogP contribution >= 0.6 is 23.2 Å². The largest absolute Gasteiger partial charge is 0.467 e. The van der Waals surface area contributed by atoms with Crippen molar-refractivity contribution in [2.75, 3.05) is 12.4 Å². The molecule has 0 aliphatic carbocycles. The molecular formula is C30H21Cl2F5N4O3. The number of methoxy groups -OCH3 is 1. The zero-order valence-corrected chi connectivity index (χ0v) is 24.3. The zero-order chi connectivity index (χ0) is 32.3. The third-order valence-electron chi connectivity index (χ3n) is 6.66. The van der Waals surface area contributed by atoms with E-state index < -0.39 is 53.0 Å². The van der Waals surface area contributed by atoms with Crippen LogP contribution in [0.2, 0.25) is 10.0 Å². The third-order valence-corrected chi connectivity index (χ3v) is 7.26. The fraction of sp³-hybridized carbons (Fsp3) is 0.200. The third kappa shape index (κ3) is 6.85. The molecule has 1 heterocycles. The molecule has 0 unspecified atom stereocenters. The monoisotopic (exact) mass is 650 g/mol. The first-order valence-corrected chi connectivity index (χ1v) is 13.5. The number of hydrogen-bond donors (Lipinski definition) is 2. The fourth-order valence-corrected chi connectivity index (χ4v) is 5.19. The molecule has 0 saturated heterocycles. The number of carbonyl (C=O) groups excluding carboxylic acids is 2. The van der Waals surface area contributed by atoms with Gasteiger partial charge in [0.1, 0.15) is 29.3 Å².